The van der Waals surface area contributed by atoms with Gasteiger partial charge in [-0.15, -0.1) is 0 Å². The third kappa shape index (κ3) is 4.72. The first kappa shape index (κ1) is 17.4. The van der Waals surface area contributed by atoms with Crippen molar-refractivity contribution in [2.24, 2.45) is 5.92 Å². The Morgan fingerprint density at radius 3 is 2.50 bits per heavy atom. The number of carboxylic acid groups (broad SMARTS) is 1. The topological polar surface area (TPSA) is 55.8 Å². The molecule has 1 fully saturated rings. The van der Waals surface area contributed by atoms with E-state index < -0.39 is 11.5 Å². The van der Waals surface area contributed by atoms with Crippen molar-refractivity contribution in [3.63, 3.8) is 0 Å². The van der Waals surface area contributed by atoms with Gasteiger partial charge >= 0.3 is 5.97 Å². The Labute approximate surface area is 123 Å². The molecular formula is C15H31N3O2. The molecule has 5 heteroatoms. The molecule has 0 saturated carbocycles. The number of hydrogen-bond donors (Lipinski definition) is 2. The van der Waals surface area contributed by atoms with Crippen molar-refractivity contribution in [3.8, 4) is 0 Å². The van der Waals surface area contributed by atoms with E-state index in [1.165, 1.54) is 25.9 Å². The number of carboxylic acids is 1. The van der Waals surface area contributed by atoms with E-state index in [2.05, 4.69) is 36.1 Å². The Morgan fingerprint density at radius 2 is 2.05 bits per heavy atom. The Balaban J connectivity index is 2.46. The summed E-state index contributed by atoms with van der Waals surface area (Å²) in [7, 11) is 6.01. The van der Waals surface area contributed by atoms with Crippen molar-refractivity contribution in [2.45, 2.75) is 44.7 Å². The lowest BCUT2D eigenvalue weighted by molar-refractivity contribution is -0.144. The lowest BCUT2D eigenvalue weighted by Crippen LogP contribution is -2.52. The third-order valence-electron chi connectivity index (χ3n) is 4.86. The third-order valence-corrected chi connectivity index (χ3v) is 4.86. The molecule has 0 aliphatic carbocycles. The van der Waals surface area contributed by atoms with Gasteiger partial charge in [0.1, 0.15) is 5.54 Å². The van der Waals surface area contributed by atoms with Gasteiger partial charge in [0.05, 0.1) is 0 Å². The van der Waals surface area contributed by atoms with E-state index in [-0.39, 0.29) is 6.04 Å². The van der Waals surface area contributed by atoms with Gasteiger partial charge < -0.3 is 20.2 Å². The summed E-state index contributed by atoms with van der Waals surface area (Å²) in [4.78, 5) is 16.0. The molecular weight excluding hydrogens is 254 g/mol. The predicted octanol–water partition coefficient (Wildman–Crippen LogP) is 1.10. The van der Waals surface area contributed by atoms with Gasteiger partial charge in [-0.2, -0.15) is 0 Å². The number of likely N-dealkylation sites (tertiary alicyclic amines) is 1. The van der Waals surface area contributed by atoms with Crippen molar-refractivity contribution < 1.29 is 9.90 Å². The minimum atomic E-state index is -0.847. The maximum absolute atomic E-state index is 11.3. The molecule has 1 rings (SSSR count). The van der Waals surface area contributed by atoms with Crippen LogP contribution in [0.5, 0.6) is 0 Å². The van der Waals surface area contributed by atoms with Gasteiger partial charge in [0.15, 0.2) is 0 Å². The van der Waals surface area contributed by atoms with E-state index >= 15 is 0 Å². The Hall–Kier alpha value is -0.650. The molecule has 0 amide bonds. The van der Waals surface area contributed by atoms with E-state index in [1.807, 2.05) is 0 Å². The zero-order valence-corrected chi connectivity index (χ0v) is 13.6. The summed E-state index contributed by atoms with van der Waals surface area (Å²) in [6, 6.07) is 0.253. The standard InChI is InChI=1S/C15H31N3O2/c1-12(10-15(2,16-3)14(19)20)18(5)11-13-6-8-17(4)9-7-13/h12-13,16H,6-11H2,1-5H3,(H,19,20). The van der Waals surface area contributed by atoms with Crippen LogP contribution in [0.15, 0.2) is 0 Å². The number of rotatable bonds is 7. The zero-order valence-electron chi connectivity index (χ0n) is 13.6. The molecule has 1 heterocycles. The highest BCUT2D eigenvalue weighted by Crippen LogP contribution is 2.20. The van der Waals surface area contributed by atoms with Crippen LogP contribution in [0.1, 0.15) is 33.1 Å². The number of likely N-dealkylation sites (N-methyl/N-ethyl adjacent to an activating group) is 1. The minimum Gasteiger partial charge on any atom is -0.480 e. The normalized spacial score (nSPS) is 22.7. The molecule has 1 aliphatic rings. The van der Waals surface area contributed by atoms with Gasteiger partial charge in [0.25, 0.3) is 0 Å². The number of aliphatic carboxylic acids is 1. The summed E-state index contributed by atoms with van der Waals surface area (Å²) in [6.45, 7) is 7.30. The van der Waals surface area contributed by atoms with Crippen molar-refractivity contribution >= 4 is 5.97 Å². The van der Waals surface area contributed by atoms with Crippen LogP contribution in [0.4, 0.5) is 0 Å². The number of nitrogens with zero attached hydrogens (tertiary/aromatic N) is 2. The molecule has 118 valence electrons. The highest BCUT2D eigenvalue weighted by atomic mass is 16.4. The second kappa shape index (κ2) is 7.38. The Morgan fingerprint density at radius 1 is 1.50 bits per heavy atom. The van der Waals surface area contributed by atoms with Crippen molar-refractivity contribution in [1.82, 2.24) is 15.1 Å². The first-order valence-corrected chi connectivity index (χ1v) is 7.59. The van der Waals surface area contributed by atoms with Gasteiger partial charge in [-0.25, -0.2) is 0 Å². The Bertz CT molecular complexity index is 316. The van der Waals surface area contributed by atoms with Crippen LogP contribution in [0.3, 0.4) is 0 Å². The summed E-state index contributed by atoms with van der Waals surface area (Å²) in [5.41, 5.74) is -0.847. The van der Waals surface area contributed by atoms with Gasteiger partial charge in [0, 0.05) is 12.6 Å². The Kier molecular flexibility index (Phi) is 6.43. The smallest absolute Gasteiger partial charge is 0.323 e. The molecule has 2 N–H and O–H groups in total. The number of hydrogen-bond acceptors (Lipinski definition) is 4. The maximum Gasteiger partial charge on any atom is 0.323 e. The largest absolute Gasteiger partial charge is 0.480 e. The molecule has 2 atom stereocenters. The maximum atomic E-state index is 11.3. The molecule has 0 spiro atoms. The second-order valence-corrected chi connectivity index (χ2v) is 6.63. The predicted molar refractivity (Wildman–Crippen MR) is 82.0 cm³/mol. The molecule has 0 bridgehead atoms. The van der Waals surface area contributed by atoms with Crippen molar-refractivity contribution in [3.05, 3.63) is 0 Å². The van der Waals surface area contributed by atoms with Crippen molar-refractivity contribution in [1.29, 1.82) is 0 Å². The van der Waals surface area contributed by atoms with Crippen LogP contribution in [-0.2, 0) is 4.79 Å². The number of nitrogens with one attached hydrogen (secondary N) is 1. The summed E-state index contributed by atoms with van der Waals surface area (Å²) in [6.07, 6.45) is 3.10. The highest BCUT2D eigenvalue weighted by Gasteiger charge is 2.34. The van der Waals surface area contributed by atoms with Gasteiger partial charge in [0.2, 0.25) is 0 Å². The van der Waals surface area contributed by atoms with Crippen LogP contribution in [0, 0.1) is 5.92 Å². The van der Waals surface area contributed by atoms with E-state index in [0.29, 0.717) is 6.42 Å². The fourth-order valence-corrected chi connectivity index (χ4v) is 2.87. The summed E-state index contributed by atoms with van der Waals surface area (Å²) < 4.78 is 0. The molecule has 1 aliphatic heterocycles. The summed E-state index contributed by atoms with van der Waals surface area (Å²) >= 11 is 0. The SMILES string of the molecule is CNC(C)(CC(C)N(C)CC1CCN(C)CC1)C(=O)O. The molecule has 20 heavy (non-hydrogen) atoms. The fourth-order valence-electron chi connectivity index (χ4n) is 2.87. The zero-order chi connectivity index (χ0) is 15.3. The van der Waals surface area contributed by atoms with Crippen LogP contribution >= 0.6 is 0 Å². The molecule has 0 aromatic rings. The van der Waals surface area contributed by atoms with Crippen LogP contribution < -0.4 is 5.32 Å². The monoisotopic (exact) mass is 285 g/mol. The highest BCUT2D eigenvalue weighted by molar-refractivity contribution is 5.78. The van der Waals surface area contributed by atoms with Crippen LogP contribution in [0.25, 0.3) is 0 Å². The lowest BCUT2D eigenvalue weighted by atomic mass is 9.91. The molecule has 0 aromatic heterocycles. The van der Waals surface area contributed by atoms with Crippen molar-refractivity contribution in [2.75, 3.05) is 40.8 Å². The molecule has 0 aromatic carbocycles. The summed E-state index contributed by atoms with van der Waals surface area (Å²) in [5.74, 6) is -0.0381. The lowest BCUT2D eigenvalue weighted by Gasteiger charge is -2.36. The molecule has 5 nitrogen and oxygen atoms in total. The number of piperidine rings is 1. The first-order chi connectivity index (χ1) is 9.28. The fraction of sp³-hybridized carbons (Fsp3) is 0.933. The second-order valence-electron chi connectivity index (χ2n) is 6.63. The number of carbonyl (C=O) groups is 1. The van der Waals surface area contributed by atoms with E-state index in [9.17, 15) is 9.90 Å². The molecule has 0 radical (unpaired) electrons. The van der Waals surface area contributed by atoms with E-state index in [1.54, 1.807) is 14.0 Å². The average molecular weight is 285 g/mol. The van der Waals surface area contributed by atoms with Gasteiger partial charge in [-0.05, 0) is 73.3 Å². The summed E-state index contributed by atoms with van der Waals surface area (Å²) in [5, 5.41) is 12.3. The van der Waals surface area contributed by atoms with Crippen LogP contribution in [-0.4, -0.2) is 73.2 Å². The van der Waals surface area contributed by atoms with Gasteiger partial charge in [-0.3, -0.25) is 4.79 Å². The first-order valence-electron chi connectivity index (χ1n) is 7.59. The average Bonchev–Trinajstić information content (AvgIpc) is 2.40. The van der Waals surface area contributed by atoms with E-state index in [0.717, 1.165) is 12.5 Å². The van der Waals surface area contributed by atoms with E-state index in [4.69, 9.17) is 0 Å². The minimum absolute atomic E-state index is 0.253. The van der Waals surface area contributed by atoms with Crippen LogP contribution in [0.2, 0.25) is 0 Å². The molecule has 1 saturated heterocycles. The van der Waals surface area contributed by atoms with Gasteiger partial charge in [-0.1, -0.05) is 0 Å². The molecule has 2 unspecified atom stereocenters. The quantitative estimate of drug-likeness (QED) is 0.734.